The van der Waals surface area contributed by atoms with Crippen molar-refractivity contribution in [2.24, 2.45) is 0 Å². The summed E-state index contributed by atoms with van der Waals surface area (Å²) >= 11 is 0. The van der Waals surface area contributed by atoms with Crippen molar-refractivity contribution in [3.05, 3.63) is 0 Å². The fraction of sp³-hybridized carbons (Fsp3) is 1.00. The molecule has 0 fully saturated rings. The van der Waals surface area contributed by atoms with Crippen molar-refractivity contribution in [1.29, 1.82) is 0 Å². The molecule has 0 rings (SSSR count). The highest BCUT2D eigenvalue weighted by molar-refractivity contribution is 6.43. The fourth-order valence-corrected chi connectivity index (χ4v) is 2.78. The predicted octanol–water partition coefficient (Wildman–Crippen LogP) is -1.03. The predicted molar refractivity (Wildman–Crippen MR) is 42.0 cm³/mol. The number of hydrogen-bond donors (Lipinski definition) is 0. The van der Waals surface area contributed by atoms with Crippen LogP contribution in [0.25, 0.3) is 0 Å². The van der Waals surface area contributed by atoms with Crippen LogP contribution in [0.1, 0.15) is 0 Å². The molecule has 0 atom stereocenters. The molecular formula is C4H12F2O3Si2. The van der Waals surface area contributed by atoms with Gasteiger partial charge < -0.3 is 13.6 Å². The van der Waals surface area contributed by atoms with E-state index >= 15 is 0 Å². The molecule has 0 saturated heterocycles. The molecule has 0 bridgehead atoms. The third kappa shape index (κ3) is 6.57. The van der Waals surface area contributed by atoms with Gasteiger partial charge in [0.1, 0.15) is 0 Å². The largest absolute Gasteiger partial charge is 0.457 e. The molecule has 68 valence electrons. The smallest absolute Gasteiger partial charge is 0.241 e. The lowest BCUT2D eigenvalue weighted by Gasteiger charge is -2.12. The average molecular weight is 202 g/mol. The minimum absolute atomic E-state index is 0.388. The first-order valence-corrected chi connectivity index (χ1v) is 5.91. The van der Waals surface area contributed by atoms with Crippen molar-refractivity contribution in [3.8, 4) is 0 Å². The van der Waals surface area contributed by atoms with Gasteiger partial charge in [0, 0.05) is 14.2 Å². The molecule has 11 heavy (non-hydrogen) atoms. The third-order valence-electron chi connectivity index (χ3n) is 1.02. The molecule has 0 aliphatic heterocycles. The van der Waals surface area contributed by atoms with Crippen LogP contribution >= 0.6 is 0 Å². The minimum atomic E-state index is -2.27. The summed E-state index contributed by atoms with van der Waals surface area (Å²) < 4.78 is 37.5. The molecule has 0 radical (unpaired) electrons. The molecule has 0 aliphatic rings. The lowest BCUT2D eigenvalue weighted by molar-refractivity contribution is -0.0493. The summed E-state index contributed by atoms with van der Waals surface area (Å²) in [7, 11) is 0.206. The van der Waals surface area contributed by atoms with Gasteiger partial charge in [-0.15, -0.1) is 0 Å². The maximum atomic E-state index is 11.6. The van der Waals surface area contributed by atoms with Gasteiger partial charge in [0.15, 0.2) is 5.91 Å². The Kier molecular flexibility index (Phi) is 6.97. The number of halogens is 2. The summed E-state index contributed by atoms with van der Waals surface area (Å²) in [6.07, 6.45) is 0. The zero-order chi connectivity index (χ0) is 8.69. The molecule has 0 spiro atoms. The summed E-state index contributed by atoms with van der Waals surface area (Å²) in [5.74, 6) is -0.388. The van der Waals surface area contributed by atoms with Crippen LogP contribution in [0, 0.1) is 0 Å². The Bertz CT molecular complexity index is 91.4. The van der Waals surface area contributed by atoms with Gasteiger partial charge in [-0.3, -0.25) is 0 Å². The summed E-state index contributed by atoms with van der Waals surface area (Å²) in [6, 6.07) is -2.27. The highest BCUT2D eigenvalue weighted by atomic mass is 28.3. The highest BCUT2D eigenvalue weighted by Crippen LogP contribution is 1.92. The van der Waals surface area contributed by atoms with Crippen molar-refractivity contribution in [2.45, 2.75) is 12.0 Å². The molecule has 0 aliphatic carbocycles. The van der Waals surface area contributed by atoms with Gasteiger partial charge in [0.2, 0.25) is 25.6 Å². The van der Waals surface area contributed by atoms with E-state index in [-0.39, 0.29) is 5.91 Å². The lowest BCUT2D eigenvalue weighted by atomic mass is 11.3. The van der Waals surface area contributed by atoms with E-state index in [1.807, 2.05) is 0 Å². The van der Waals surface area contributed by atoms with Gasteiger partial charge in [0.05, 0.1) is 0 Å². The number of ether oxygens (including phenoxy) is 2. The highest BCUT2D eigenvalue weighted by Gasteiger charge is 2.09. The second-order valence-corrected chi connectivity index (χ2v) is 5.41. The van der Waals surface area contributed by atoms with E-state index in [4.69, 9.17) is 13.6 Å². The molecule has 3 nitrogen and oxygen atoms in total. The minimum Gasteiger partial charge on any atom is -0.457 e. The third-order valence-corrected chi connectivity index (χ3v) is 4.10. The van der Waals surface area contributed by atoms with Gasteiger partial charge in [-0.1, -0.05) is 0 Å². The van der Waals surface area contributed by atoms with Crippen LogP contribution in [-0.4, -0.2) is 45.7 Å². The molecule has 0 aromatic rings. The normalized spacial score (nSPS) is 13.6. The Hall–Kier alpha value is 0.174. The molecule has 7 heteroatoms. The Labute approximate surface area is 68.9 Å². The van der Waals surface area contributed by atoms with E-state index in [2.05, 4.69) is 0 Å². The van der Waals surface area contributed by atoms with Crippen LogP contribution in [0.2, 0.25) is 0 Å². The van der Waals surface area contributed by atoms with Crippen LogP contribution in [0.4, 0.5) is 8.78 Å². The molecule has 0 aromatic heterocycles. The van der Waals surface area contributed by atoms with Crippen LogP contribution in [-0.2, 0) is 13.6 Å². The number of rotatable bonds is 6. The Morgan fingerprint density at radius 2 is 1.64 bits per heavy atom. The quantitative estimate of drug-likeness (QED) is 0.407. The van der Waals surface area contributed by atoms with Gasteiger partial charge in [-0.25, -0.2) is 8.78 Å². The standard InChI is InChI=1S/C4H12F2O3Si2/c1-7-4(8-2)11-9-10-3(5)6/h3-4H,10-11H2,1-2H3. The van der Waals surface area contributed by atoms with E-state index in [0.717, 1.165) is 0 Å². The zero-order valence-electron chi connectivity index (χ0n) is 6.55. The van der Waals surface area contributed by atoms with Gasteiger partial charge in [0.25, 0.3) is 0 Å². The van der Waals surface area contributed by atoms with Gasteiger partial charge in [-0.2, -0.15) is 0 Å². The first-order valence-electron chi connectivity index (χ1n) is 3.12. The molecular weight excluding hydrogens is 190 g/mol. The van der Waals surface area contributed by atoms with Crippen LogP contribution in [0.15, 0.2) is 0 Å². The Morgan fingerprint density at radius 3 is 2.00 bits per heavy atom. The monoisotopic (exact) mass is 202 g/mol. The summed E-state index contributed by atoms with van der Waals surface area (Å²) in [4.78, 5) is 0. The molecule has 0 heterocycles. The van der Waals surface area contributed by atoms with Crippen molar-refractivity contribution in [2.75, 3.05) is 14.2 Å². The zero-order valence-corrected chi connectivity index (χ0v) is 9.38. The van der Waals surface area contributed by atoms with Crippen LogP contribution in [0.5, 0.6) is 0 Å². The van der Waals surface area contributed by atoms with E-state index < -0.39 is 25.6 Å². The van der Waals surface area contributed by atoms with Crippen LogP contribution < -0.4 is 0 Å². The molecule has 0 unspecified atom stereocenters. The SMILES string of the molecule is COC(OC)[SiH2]O[SiH2]C(F)F. The van der Waals surface area contributed by atoms with E-state index in [0.29, 0.717) is 0 Å². The molecule has 0 N–H and O–H groups in total. The second-order valence-electron chi connectivity index (χ2n) is 1.83. The molecule has 0 amide bonds. The van der Waals surface area contributed by atoms with Crippen molar-refractivity contribution < 1.29 is 22.4 Å². The van der Waals surface area contributed by atoms with E-state index in [1.54, 1.807) is 0 Å². The van der Waals surface area contributed by atoms with Crippen molar-refractivity contribution in [1.82, 2.24) is 0 Å². The number of alkyl halides is 2. The van der Waals surface area contributed by atoms with Crippen molar-refractivity contribution >= 4 is 19.5 Å². The maximum absolute atomic E-state index is 11.6. The van der Waals surface area contributed by atoms with Gasteiger partial charge >= 0.3 is 0 Å². The Balaban J connectivity index is 3.21. The lowest BCUT2D eigenvalue weighted by Crippen LogP contribution is -2.26. The average Bonchev–Trinajstić information content (AvgIpc) is 1.98. The van der Waals surface area contributed by atoms with Crippen molar-refractivity contribution in [3.63, 3.8) is 0 Å². The summed E-state index contributed by atoms with van der Waals surface area (Å²) in [5, 5.41) is 0. The summed E-state index contributed by atoms with van der Waals surface area (Å²) in [5.41, 5.74) is 0. The van der Waals surface area contributed by atoms with Gasteiger partial charge in [-0.05, 0) is 0 Å². The van der Waals surface area contributed by atoms with E-state index in [9.17, 15) is 8.78 Å². The number of hydrogen-bond acceptors (Lipinski definition) is 3. The first kappa shape index (κ1) is 11.2. The molecule has 0 aromatic carbocycles. The Morgan fingerprint density at radius 1 is 1.09 bits per heavy atom. The fourth-order valence-electron chi connectivity index (χ4n) is 0.486. The number of methoxy groups -OCH3 is 2. The van der Waals surface area contributed by atoms with Crippen LogP contribution in [0.3, 0.4) is 0 Å². The topological polar surface area (TPSA) is 27.7 Å². The first-order chi connectivity index (χ1) is 5.20. The molecule has 0 saturated carbocycles. The maximum Gasteiger partial charge on any atom is 0.241 e. The van der Waals surface area contributed by atoms with E-state index in [1.165, 1.54) is 14.2 Å². The summed E-state index contributed by atoms with van der Waals surface area (Å²) in [6.45, 7) is 0. The second kappa shape index (κ2) is 6.86.